The van der Waals surface area contributed by atoms with Gasteiger partial charge in [-0.15, -0.1) is 0 Å². The molecule has 0 saturated carbocycles. The maximum atomic E-state index is 11.0. The molecule has 2 aromatic heterocycles. The van der Waals surface area contributed by atoms with E-state index in [1.165, 1.54) is 6.07 Å². The Labute approximate surface area is 81.0 Å². The summed E-state index contributed by atoms with van der Waals surface area (Å²) < 4.78 is 5.10. The van der Waals surface area contributed by atoms with Gasteiger partial charge in [-0.2, -0.15) is 0 Å². The lowest BCUT2D eigenvalue weighted by Gasteiger charge is -2.01. The molecule has 0 N–H and O–H groups in total. The van der Waals surface area contributed by atoms with Gasteiger partial charge in [-0.25, -0.2) is 4.79 Å². The van der Waals surface area contributed by atoms with Crippen molar-refractivity contribution < 1.29 is 4.42 Å². The van der Waals surface area contributed by atoms with Crippen molar-refractivity contribution in [3.8, 4) is 11.3 Å². The lowest BCUT2D eigenvalue weighted by Crippen LogP contribution is -1.98. The molecule has 14 heavy (non-hydrogen) atoms. The Kier molecular flexibility index (Phi) is 2.14. The second kappa shape index (κ2) is 3.46. The fourth-order valence-electron chi connectivity index (χ4n) is 1.27. The lowest BCUT2D eigenvalue weighted by atomic mass is 10.1. The van der Waals surface area contributed by atoms with Crippen molar-refractivity contribution in [2.75, 3.05) is 0 Å². The number of pyridine rings is 1. The van der Waals surface area contributed by atoms with Gasteiger partial charge in [-0.1, -0.05) is 0 Å². The van der Waals surface area contributed by atoms with E-state index in [0.29, 0.717) is 5.76 Å². The topological polar surface area (TPSA) is 43.1 Å². The summed E-state index contributed by atoms with van der Waals surface area (Å²) in [6.45, 7) is 1.89. The highest BCUT2D eigenvalue weighted by Gasteiger charge is 2.04. The standard InChI is InChI=1S/C11H9NO2/c1-8-4-5-10(13)14-11(8)9-3-2-6-12-7-9/h2-7H,1H3. The van der Waals surface area contributed by atoms with Crippen molar-refractivity contribution in [3.05, 3.63) is 52.6 Å². The summed E-state index contributed by atoms with van der Waals surface area (Å²) in [4.78, 5) is 15.0. The van der Waals surface area contributed by atoms with E-state index >= 15 is 0 Å². The lowest BCUT2D eigenvalue weighted by molar-refractivity contribution is 0.522. The van der Waals surface area contributed by atoms with E-state index in [2.05, 4.69) is 4.98 Å². The van der Waals surface area contributed by atoms with Crippen LogP contribution < -0.4 is 5.63 Å². The van der Waals surface area contributed by atoms with Crippen LogP contribution in [-0.4, -0.2) is 4.98 Å². The number of nitrogens with zero attached hydrogens (tertiary/aromatic N) is 1. The Morgan fingerprint density at radius 3 is 2.86 bits per heavy atom. The SMILES string of the molecule is Cc1ccc(=O)oc1-c1cccnc1. The number of aromatic nitrogens is 1. The van der Waals surface area contributed by atoms with Gasteiger partial charge in [-0.3, -0.25) is 4.98 Å². The first-order chi connectivity index (χ1) is 6.77. The highest BCUT2D eigenvalue weighted by Crippen LogP contribution is 2.19. The summed E-state index contributed by atoms with van der Waals surface area (Å²) in [5, 5.41) is 0. The van der Waals surface area contributed by atoms with Crippen molar-refractivity contribution in [1.29, 1.82) is 0 Å². The number of hydrogen-bond acceptors (Lipinski definition) is 3. The van der Waals surface area contributed by atoms with Gasteiger partial charge >= 0.3 is 5.63 Å². The fraction of sp³-hybridized carbons (Fsp3) is 0.0909. The van der Waals surface area contributed by atoms with Gasteiger partial charge in [0, 0.05) is 24.0 Å². The van der Waals surface area contributed by atoms with Crippen LogP contribution in [0.2, 0.25) is 0 Å². The van der Waals surface area contributed by atoms with Crippen molar-refractivity contribution in [3.63, 3.8) is 0 Å². The maximum absolute atomic E-state index is 11.0. The van der Waals surface area contributed by atoms with Crippen LogP contribution in [0.5, 0.6) is 0 Å². The predicted octanol–water partition coefficient (Wildman–Crippen LogP) is 2.01. The smallest absolute Gasteiger partial charge is 0.336 e. The van der Waals surface area contributed by atoms with Gasteiger partial charge in [-0.05, 0) is 30.7 Å². The second-order valence-electron chi connectivity index (χ2n) is 3.01. The van der Waals surface area contributed by atoms with Crippen molar-refractivity contribution in [2.45, 2.75) is 6.92 Å². The van der Waals surface area contributed by atoms with Gasteiger partial charge in [0.2, 0.25) is 0 Å². The first-order valence-electron chi connectivity index (χ1n) is 4.28. The molecule has 70 valence electrons. The third-order valence-corrected chi connectivity index (χ3v) is 1.95. The predicted molar refractivity (Wildman–Crippen MR) is 52.9 cm³/mol. The minimum Gasteiger partial charge on any atom is -0.422 e. The molecule has 3 heteroatoms. The first kappa shape index (κ1) is 8.69. The Morgan fingerprint density at radius 2 is 2.14 bits per heavy atom. The van der Waals surface area contributed by atoms with Gasteiger partial charge in [0.15, 0.2) is 0 Å². The van der Waals surface area contributed by atoms with Crippen LogP contribution in [0.15, 0.2) is 45.9 Å². The summed E-state index contributed by atoms with van der Waals surface area (Å²) in [6.07, 6.45) is 3.35. The zero-order valence-electron chi connectivity index (χ0n) is 7.73. The molecule has 2 heterocycles. The third-order valence-electron chi connectivity index (χ3n) is 1.95. The molecule has 0 bridgehead atoms. The zero-order chi connectivity index (χ0) is 9.97. The molecule has 0 atom stereocenters. The van der Waals surface area contributed by atoms with Crippen LogP contribution in [0, 0.1) is 6.92 Å². The Bertz CT molecular complexity index is 488. The summed E-state index contributed by atoms with van der Waals surface area (Å²) >= 11 is 0. The van der Waals surface area contributed by atoms with Crippen LogP contribution in [0.3, 0.4) is 0 Å². The summed E-state index contributed by atoms with van der Waals surface area (Å²) in [5.41, 5.74) is 1.41. The minimum absolute atomic E-state index is 0.338. The van der Waals surface area contributed by atoms with Crippen molar-refractivity contribution in [2.24, 2.45) is 0 Å². The summed E-state index contributed by atoms with van der Waals surface area (Å²) in [6, 6.07) is 6.82. The van der Waals surface area contributed by atoms with E-state index in [9.17, 15) is 4.79 Å². The Balaban J connectivity index is 2.62. The highest BCUT2D eigenvalue weighted by molar-refractivity contribution is 5.58. The number of rotatable bonds is 1. The summed E-state index contributed by atoms with van der Waals surface area (Å²) in [5.74, 6) is 0.589. The molecule has 0 unspecified atom stereocenters. The third kappa shape index (κ3) is 1.57. The molecule has 2 aromatic rings. The van der Waals surface area contributed by atoms with Crippen molar-refractivity contribution >= 4 is 0 Å². The van der Waals surface area contributed by atoms with E-state index in [0.717, 1.165) is 11.1 Å². The molecule has 0 aliphatic heterocycles. The molecule has 0 aliphatic rings. The second-order valence-corrected chi connectivity index (χ2v) is 3.01. The molecule has 2 rings (SSSR count). The maximum Gasteiger partial charge on any atom is 0.336 e. The molecule has 3 nitrogen and oxygen atoms in total. The Hall–Kier alpha value is -1.90. The van der Waals surface area contributed by atoms with Gasteiger partial charge < -0.3 is 4.42 Å². The first-order valence-corrected chi connectivity index (χ1v) is 4.28. The average Bonchev–Trinajstić information content (AvgIpc) is 2.23. The molecular weight excluding hydrogens is 178 g/mol. The molecule has 0 aromatic carbocycles. The van der Waals surface area contributed by atoms with Crippen molar-refractivity contribution in [1.82, 2.24) is 4.98 Å². The molecular formula is C11H9NO2. The minimum atomic E-state index is -0.338. The molecule has 0 radical (unpaired) electrons. The molecule has 0 fully saturated rings. The molecule has 0 aliphatic carbocycles. The molecule has 0 spiro atoms. The van der Waals surface area contributed by atoms with E-state index in [1.807, 2.05) is 19.1 Å². The highest BCUT2D eigenvalue weighted by atomic mass is 16.4. The molecule has 0 saturated heterocycles. The monoisotopic (exact) mass is 187 g/mol. The van der Waals surface area contributed by atoms with E-state index in [4.69, 9.17) is 4.42 Å². The van der Waals surface area contributed by atoms with Crippen LogP contribution in [0.4, 0.5) is 0 Å². The molecule has 0 amide bonds. The van der Waals surface area contributed by atoms with Crippen LogP contribution in [0.1, 0.15) is 5.56 Å². The quantitative estimate of drug-likeness (QED) is 0.685. The van der Waals surface area contributed by atoms with E-state index in [-0.39, 0.29) is 5.63 Å². The normalized spacial score (nSPS) is 10.1. The van der Waals surface area contributed by atoms with Gasteiger partial charge in [0.05, 0.1) is 0 Å². The summed E-state index contributed by atoms with van der Waals surface area (Å²) in [7, 11) is 0. The van der Waals surface area contributed by atoms with E-state index < -0.39 is 0 Å². The van der Waals surface area contributed by atoms with Gasteiger partial charge in [0.25, 0.3) is 0 Å². The fourth-order valence-corrected chi connectivity index (χ4v) is 1.27. The average molecular weight is 187 g/mol. The zero-order valence-corrected chi connectivity index (χ0v) is 7.73. The number of aryl methyl sites for hydroxylation is 1. The number of hydrogen-bond donors (Lipinski definition) is 0. The largest absolute Gasteiger partial charge is 0.422 e. The van der Waals surface area contributed by atoms with Crippen LogP contribution >= 0.6 is 0 Å². The van der Waals surface area contributed by atoms with Crippen LogP contribution in [0.25, 0.3) is 11.3 Å². The van der Waals surface area contributed by atoms with E-state index in [1.54, 1.807) is 18.5 Å². The van der Waals surface area contributed by atoms with Crippen LogP contribution in [-0.2, 0) is 0 Å². The Morgan fingerprint density at radius 1 is 1.29 bits per heavy atom. The van der Waals surface area contributed by atoms with Gasteiger partial charge in [0.1, 0.15) is 5.76 Å².